The minimum absolute atomic E-state index is 0.0262. The van der Waals surface area contributed by atoms with Crippen molar-refractivity contribution in [3.63, 3.8) is 0 Å². The highest BCUT2D eigenvalue weighted by molar-refractivity contribution is 6.31. The van der Waals surface area contributed by atoms with Crippen molar-refractivity contribution in [2.75, 3.05) is 5.32 Å². The lowest BCUT2D eigenvalue weighted by Gasteiger charge is -2.06. The molecule has 0 amide bonds. The molecule has 0 saturated heterocycles. The van der Waals surface area contributed by atoms with Crippen LogP contribution in [0.3, 0.4) is 0 Å². The quantitative estimate of drug-likeness (QED) is 0.683. The summed E-state index contributed by atoms with van der Waals surface area (Å²) < 4.78 is 18.1. The summed E-state index contributed by atoms with van der Waals surface area (Å²) in [6, 6.07) is 3.52. The molecule has 8 heteroatoms. The zero-order valence-corrected chi connectivity index (χ0v) is 9.65. The van der Waals surface area contributed by atoms with E-state index >= 15 is 0 Å². The Labute approximate surface area is 105 Å². The van der Waals surface area contributed by atoms with Crippen molar-refractivity contribution >= 4 is 23.0 Å². The van der Waals surface area contributed by atoms with Gasteiger partial charge in [0.2, 0.25) is 0 Å². The molecule has 0 aliphatic carbocycles. The molecular weight excluding hydrogens is 265 g/mol. The van der Waals surface area contributed by atoms with Crippen LogP contribution in [0.2, 0.25) is 5.02 Å². The molecule has 1 N–H and O–H groups in total. The van der Waals surface area contributed by atoms with Crippen LogP contribution in [0.4, 0.5) is 15.8 Å². The zero-order valence-electron chi connectivity index (χ0n) is 8.89. The summed E-state index contributed by atoms with van der Waals surface area (Å²) in [7, 11) is 0. The Morgan fingerprint density at radius 1 is 1.56 bits per heavy atom. The zero-order chi connectivity index (χ0) is 13.1. The molecule has 18 heavy (non-hydrogen) atoms. The van der Waals surface area contributed by atoms with Crippen LogP contribution in [-0.2, 0) is 6.54 Å². The van der Waals surface area contributed by atoms with Gasteiger partial charge in [0.25, 0.3) is 5.69 Å². The van der Waals surface area contributed by atoms with Crippen LogP contribution in [0.1, 0.15) is 5.76 Å². The highest BCUT2D eigenvalue weighted by Crippen LogP contribution is 2.30. The lowest BCUT2D eigenvalue weighted by atomic mass is 10.2. The van der Waals surface area contributed by atoms with Crippen molar-refractivity contribution in [2.45, 2.75) is 6.54 Å². The van der Waals surface area contributed by atoms with Crippen molar-refractivity contribution in [2.24, 2.45) is 0 Å². The predicted molar refractivity (Wildman–Crippen MR) is 61.9 cm³/mol. The molecule has 2 aromatic rings. The summed E-state index contributed by atoms with van der Waals surface area (Å²) in [5.41, 5.74) is -0.279. The fourth-order valence-electron chi connectivity index (χ4n) is 1.34. The van der Waals surface area contributed by atoms with Gasteiger partial charge in [-0.05, 0) is 0 Å². The Hall–Kier alpha value is -2.15. The maximum absolute atomic E-state index is 13.3. The van der Waals surface area contributed by atoms with E-state index in [9.17, 15) is 14.5 Å². The fourth-order valence-corrected chi connectivity index (χ4v) is 1.50. The van der Waals surface area contributed by atoms with Crippen LogP contribution >= 0.6 is 11.6 Å². The van der Waals surface area contributed by atoms with E-state index in [1.54, 1.807) is 6.07 Å². The van der Waals surface area contributed by atoms with Crippen molar-refractivity contribution in [3.8, 4) is 0 Å². The van der Waals surface area contributed by atoms with Crippen LogP contribution < -0.4 is 5.32 Å². The van der Waals surface area contributed by atoms with Gasteiger partial charge in [0.05, 0.1) is 22.7 Å². The summed E-state index contributed by atoms with van der Waals surface area (Å²) in [6.45, 7) is 0.155. The average Bonchev–Trinajstić information content (AvgIpc) is 2.83. The Morgan fingerprint density at radius 3 is 2.94 bits per heavy atom. The van der Waals surface area contributed by atoms with E-state index in [1.165, 1.54) is 6.20 Å². The van der Waals surface area contributed by atoms with E-state index in [2.05, 4.69) is 10.5 Å². The van der Waals surface area contributed by atoms with Gasteiger partial charge in [-0.25, -0.2) is 4.39 Å². The number of nitrogens with zero attached hydrogens (tertiary/aromatic N) is 2. The molecule has 1 aromatic carbocycles. The molecule has 0 unspecified atom stereocenters. The van der Waals surface area contributed by atoms with Gasteiger partial charge < -0.3 is 9.84 Å². The molecule has 1 aromatic heterocycles. The normalized spacial score (nSPS) is 10.3. The summed E-state index contributed by atoms with van der Waals surface area (Å²) in [6.07, 6.45) is 1.44. The third-order valence-corrected chi connectivity index (χ3v) is 2.47. The van der Waals surface area contributed by atoms with Gasteiger partial charge in [-0.2, -0.15) is 0 Å². The molecule has 0 atom stereocenters. The van der Waals surface area contributed by atoms with Crippen molar-refractivity contribution in [1.82, 2.24) is 5.16 Å². The minimum atomic E-state index is -0.734. The largest absolute Gasteiger partial charge is 0.372 e. The van der Waals surface area contributed by atoms with E-state index in [0.717, 1.165) is 12.1 Å². The van der Waals surface area contributed by atoms with E-state index in [1.807, 2.05) is 0 Å². The number of halogens is 2. The maximum Gasteiger partial charge on any atom is 0.294 e. The Kier molecular flexibility index (Phi) is 3.42. The highest BCUT2D eigenvalue weighted by atomic mass is 35.5. The summed E-state index contributed by atoms with van der Waals surface area (Å²) in [5.74, 6) is -0.262. The van der Waals surface area contributed by atoms with Gasteiger partial charge in [-0.15, -0.1) is 0 Å². The molecule has 0 aliphatic heterocycles. The van der Waals surface area contributed by atoms with E-state index in [4.69, 9.17) is 16.1 Å². The molecule has 2 rings (SSSR count). The first-order chi connectivity index (χ1) is 8.58. The third-order valence-electron chi connectivity index (χ3n) is 2.18. The molecular formula is C10H7ClFN3O3. The number of nitro groups is 1. The summed E-state index contributed by atoms with van der Waals surface area (Å²) in [4.78, 5) is 10.2. The second kappa shape index (κ2) is 5.01. The molecule has 0 saturated carbocycles. The molecule has 0 radical (unpaired) electrons. The topological polar surface area (TPSA) is 81.2 Å². The van der Waals surface area contributed by atoms with E-state index in [0.29, 0.717) is 5.76 Å². The lowest BCUT2D eigenvalue weighted by Crippen LogP contribution is -2.02. The summed E-state index contributed by atoms with van der Waals surface area (Å²) >= 11 is 5.49. The fraction of sp³-hybridized carbons (Fsp3) is 0.100. The van der Waals surface area contributed by atoms with Crippen molar-refractivity contribution < 1.29 is 13.8 Å². The van der Waals surface area contributed by atoms with Crippen LogP contribution in [-0.4, -0.2) is 10.1 Å². The minimum Gasteiger partial charge on any atom is -0.372 e. The molecule has 1 heterocycles. The number of nitro benzene ring substituents is 1. The predicted octanol–water partition coefficient (Wildman–Crippen LogP) is 2.99. The van der Waals surface area contributed by atoms with E-state index in [-0.39, 0.29) is 22.9 Å². The first-order valence-corrected chi connectivity index (χ1v) is 5.22. The first kappa shape index (κ1) is 12.3. The smallest absolute Gasteiger partial charge is 0.294 e. The molecule has 6 nitrogen and oxygen atoms in total. The molecule has 0 fully saturated rings. The number of nitrogens with one attached hydrogen (secondary N) is 1. The number of aromatic nitrogens is 1. The van der Waals surface area contributed by atoms with Crippen molar-refractivity contribution in [3.05, 3.63) is 51.1 Å². The standard InChI is InChI=1S/C10H7ClFN3O3/c11-7-3-10(15(16)17)9(4-8(7)12)13-5-6-1-2-14-18-6/h1-4,13H,5H2. The second-order valence-corrected chi connectivity index (χ2v) is 3.78. The first-order valence-electron chi connectivity index (χ1n) is 4.85. The number of hydrogen-bond donors (Lipinski definition) is 1. The number of rotatable bonds is 4. The van der Waals surface area contributed by atoms with Gasteiger partial charge in [-0.3, -0.25) is 10.1 Å². The van der Waals surface area contributed by atoms with E-state index < -0.39 is 10.7 Å². The molecule has 0 aliphatic rings. The molecule has 94 valence electrons. The average molecular weight is 272 g/mol. The van der Waals surface area contributed by atoms with Crippen molar-refractivity contribution in [1.29, 1.82) is 0 Å². The monoisotopic (exact) mass is 271 g/mol. The molecule has 0 bridgehead atoms. The third kappa shape index (κ3) is 2.57. The van der Waals surface area contributed by atoms with Gasteiger partial charge >= 0.3 is 0 Å². The van der Waals surface area contributed by atoms with Crippen LogP contribution in [0.25, 0.3) is 0 Å². The Balaban J connectivity index is 2.25. The number of benzene rings is 1. The lowest BCUT2D eigenvalue weighted by molar-refractivity contribution is -0.384. The van der Waals surface area contributed by atoms with Gasteiger partial charge in [0, 0.05) is 18.2 Å². The van der Waals surface area contributed by atoms with Gasteiger partial charge in [0.15, 0.2) is 5.76 Å². The van der Waals surface area contributed by atoms with Crippen LogP contribution in [0.15, 0.2) is 28.9 Å². The molecule has 0 spiro atoms. The van der Waals surface area contributed by atoms with Crippen LogP contribution in [0, 0.1) is 15.9 Å². The van der Waals surface area contributed by atoms with Gasteiger partial charge in [0.1, 0.15) is 11.5 Å². The summed E-state index contributed by atoms with van der Waals surface area (Å²) in [5, 5.41) is 16.7. The Bertz CT molecular complexity index is 574. The second-order valence-electron chi connectivity index (χ2n) is 3.37. The highest BCUT2D eigenvalue weighted by Gasteiger charge is 2.17. The van der Waals surface area contributed by atoms with Gasteiger partial charge in [-0.1, -0.05) is 16.8 Å². The maximum atomic E-state index is 13.3. The van der Waals surface area contributed by atoms with Crippen LogP contribution in [0.5, 0.6) is 0 Å². The Morgan fingerprint density at radius 2 is 2.33 bits per heavy atom. The number of anilines is 1. The number of hydrogen-bond acceptors (Lipinski definition) is 5. The SMILES string of the molecule is O=[N+]([O-])c1cc(Cl)c(F)cc1NCc1ccno1.